The van der Waals surface area contributed by atoms with Gasteiger partial charge in [0.15, 0.2) is 0 Å². The van der Waals surface area contributed by atoms with Gasteiger partial charge in [-0.05, 0) is 25.7 Å². The number of carbonyl (C=O) groups excluding carboxylic acids is 1. The fraction of sp³-hybridized carbons (Fsp3) is 0.778. The fourth-order valence-electron chi connectivity index (χ4n) is 2.66. The molecule has 2 heterocycles. The zero-order chi connectivity index (χ0) is 10.3. The zero-order valence-electron chi connectivity index (χ0n) is 7.85. The standard InChI is InChI=1S/C9H14N2O3/c10-5-3-6-1-2-7(4-5)11(6)8(12)9(13)14/h5-7H,1-4,10H2,(H,13,14)/t5?,6-,7+. The molecule has 2 fully saturated rings. The second-order valence-corrected chi connectivity index (χ2v) is 4.13. The highest BCUT2D eigenvalue weighted by Crippen LogP contribution is 2.34. The molecule has 78 valence electrons. The minimum atomic E-state index is -1.35. The number of carboxylic acids is 1. The summed E-state index contributed by atoms with van der Waals surface area (Å²) in [6.45, 7) is 0. The molecule has 0 radical (unpaired) electrons. The first-order valence-corrected chi connectivity index (χ1v) is 4.90. The molecule has 2 rings (SSSR count). The third-order valence-electron chi connectivity index (χ3n) is 3.19. The van der Waals surface area contributed by atoms with Crippen molar-refractivity contribution >= 4 is 11.9 Å². The van der Waals surface area contributed by atoms with Crippen molar-refractivity contribution in [3.05, 3.63) is 0 Å². The van der Waals surface area contributed by atoms with E-state index in [2.05, 4.69) is 0 Å². The lowest BCUT2D eigenvalue weighted by Gasteiger charge is -2.36. The monoisotopic (exact) mass is 198 g/mol. The molecule has 5 nitrogen and oxygen atoms in total. The first kappa shape index (κ1) is 9.45. The van der Waals surface area contributed by atoms with Crippen LogP contribution in [-0.2, 0) is 9.59 Å². The van der Waals surface area contributed by atoms with Gasteiger partial charge < -0.3 is 15.7 Å². The number of piperidine rings is 1. The van der Waals surface area contributed by atoms with Crippen molar-refractivity contribution in [3.8, 4) is 0 Å². The molecule has 0 aromatic heterocycles. The van der Waals surface area contributed by atoms with Crippen LogP contribution in [0, 0.1) is 0 Å². The van der Waals surface area contributed by atoms with Gasteiger partial charge in [-0.3, -0.25) is 4.79 Å². The average molecular weight is 198 g/mol. The number of nitrogens with zero attached hydrogens (tertiary/aromatic N) is 1. The lowest BCUT2D eigenvalue weighted by Crippen LogP contribution is -2.52. The van der Waals surface area contributed by atoms with E-state index in [1.807, 2.05) is 0 Å². The van der Waals surface area contributed by atoms with E-state index in [0.29, 0.717) is 0 Å². The van der Waals surface area contributed by atoms with Gasteiger partial charge in [-0.2, -0.15) is 0 Å². The number of amides is 1. The molecular formula is C9H14N2O3. The van der Waals surface area contributed by atoms with Crippen molar-refractivity contribution in [1.29, 1.82) is 0 Å². The van der Waals surface area contributed by atoms with Crippen molar-refractivity contribution in [2.75, 3.05) is 0 Å². The molecule has 0 aliphatic carbocycles. The molecule has 2 saturated heterocycles. The summed E-state index contributed by atoms with van der Waals surface area (Å²) in [6.07, 6.45) is 3.29. The van der Waals surface area contributed by atoms with Crippen LogP contribution in [0.5, 0.6) is 0 Å². The van der Waals surface area contributed by atoms with Gasteiger partial charge in [0.1, 0.15) is 0 Å². The van der Waals surface area contributed by atoms with E-state index in [-0.39, 0.29) is 18.1 Å². The molecule has 0 spiro atoms. The zero-order valence-corrected chi connectivity index (χ0v) is 7.85. The number of nitrogens with two attached hydrogens (primary N) is 1. The molecule has 0 aromatic rings. The smallest absolute Gasteiger partial charge is 0.394 e. The molecule has 0 aromatic carbocycles. The summed E-state index contributed by atoms with van der Waals surface area (Å²) in [4.78, 5) is 23.4. The van der Waals surface area contributed by atoms with E-state index in [9.17, 15) is 9.59 Å². The summed E-state index contributed by atoms with van der Waals surface area (Å²) in [6, 6.07) is 0.255. The van der Waals surface area contributed by atoms with Crippen LogP contribution in [0.15, 0.2) is 0 Å². The van der Waals surface area contributed by atoms with Gasteiger partial charge in [0, 0.05) is 18.1 Å². The van der Waals surface area contributed by atoms with Crippen molar-refractivity contribution < 1.29 is 14.7 Å². The van der Waals surface area contributed by atoms with Gasteiger partial charge in [-0.25, -0.2) is 4.79 Å². The second-order valence-electron chi connectivity index (χ2n) is 4.13. The molecule has 2 aliphatic rings. The molecule has 2 aliphatic heterocycles. The Bertz CT molecular complexity index is 265. The number of carbonyl (C=O) groups is 2. The maximum absolute atomic E-state index is 11.4. The van der Waals surface area contributed by atoms with Crippen LogP contribution in [0.25, 0.3) is 0 Å². The lowest BCUT2D eigenvalue weighted by atomic mass is 9.98. The minimum Gasteiger partial charge on any atom is -0.474 e. The summed E-state index contributed by atoms with van der Waals surface area (Å²) in [5.74, 6) is -2.11. The van der Waals surface area contributed by atoms with E-state index in [0.717, 1.165) is 25.7 Å². The van der Waals surface area contributed by atoms with E-state index in [1.54, 1.807) is 0 Å². The third kappa shape index (κ3) is 1.37. The summed E-state index contributed by atoms with van der Waals surface area (Å²) in [7, 11) is 0. The van der Waals surface area contributed by atoms with Crippen LogP contribution in [0.4, 0.5) is 0 Å². The predicted molar refractivity (Wildman–Crippen MR) is 48.5 cm³/mol. The second kappa shape index (κ2) is 3.24. The molecule has 1 unspecified atom stereocenters. The van der Waals surface area contributed by atoms with Crippen molar-refractivity contribution in [2.45, 2.75) is 43.8 Å². The van der Waals surface area contributed by atoms with E-state index in [1.165, 1.54) is 4.90 Å². The third-order valence-corrected chi connectivity index (χ3v) is 3.19. The topological polar surface area (TPSA) is 83.6 Å². The maximum atomic E-state index is 11.4. The number of hydrogen-bond donors (Lipinski definition) is 2. The largest absolute Gasteiger partial charge is 0.474 e. The van der Waals surface area contributed by atoms with Gasteiger partial charge in [0.05, 0.1) is 0 Å². The van der Waals surface area contributed by atoms with Crippen molar-refractivity contribution in [1.82, 2.24) is 4.90 Å². The average Bonchev–Trinajstić information content (AvgIpc) is 2.37. The Hall–Kier alpha value is -1.10. The number of fused-ring (bicyclic) bond motifs is 2. The Labute approximate surface area is 81.9 Å². The molecular weight excluding hydrogens is 184 g/mol. The minimum absolute atomic E-state index is 0.0624. The number of hydrogen-bond acceptors (Lipinski definition) is 3. The molecule has 0 saturated carbocycles. The molecule has 2 bridgehead atoms. The Morgan fingerprint density at radius 2 is 1.71 bits per heavy atom. The van der Waals surface area contributed by atoms with E-state index < -0.39 is 11.9 Å². The van der Waals surface area contributed by atoms with Gasteiger partial charge in [0.25, 0.3) is 0 Å². The van der Waals surface area contributed by atoms with E-state index >= 15 is 0 Å². The van der Waals surface area contributed by atoms with Crippen LogP contribution in [-0.4, -0.2) is 40.0 Å². The number of rotatable bonds is 0. The summed E-state index contributed by atoms with van der Waals surface area (Å²) in [5.41, 5.74) is 5.81. The highest BCUT2D eigenvalue weighted by molar-refractivity contribution is 6.31. The molecule has 1 amide bonds. The normalized spacial score (nSPS) is 35.8. The molecule has 3 atom stereocenters. The van der Waals surface area contributed by atoms with Crippen LogP contribution in [0.1, 0.15) is 25.7 Å². The van der Waals surface area contributed by atoms with Crippen molar-refractivity contribution in [2.24, 2.45) is 5.73 Å². The van der Waals surface area contributed by atoms with Crippen LogP contribution in [0.3, 0.4) is 0 Å². The van der Waals surface area contributed by atoms with Crippen LogP contribution < -0.4 is 5.73 Å². The quantitative estimate of drug-likeness (QED) is 0.516. The van der Waals surface area contributed by atoms with Gasteiger partial charge in [-0.15, -0.1) is 0 Å². The highest BCUT2D eigenvalue weighted by Gasteiger charge is 2.43. The fourth-order valence-corrected chi connectivity index (χ4v) is 2.66. The van der Waals surface area contributed by atoms with Gasteiger partial charge in [0.2, 0.25) is 0 Å². The Kier molecular flexibility index (Phi) is 2.19. The lowest BCUT2D eigenvalue weighted by molar-refractivity contribution is -0.158. The molecule has 14 heavy (non-hydrogen) atoms. The molecule has 3 N–H and O–H groups in total. The predicted octanol–water partition coefficient (Wildman–Crippen LogP) is -0.448. The highest BCUT2D eigenvalue weighted by atomic mass is 16.4. The summed E-state index contributed by atoms with van der Waals surface area (Å²) in [5, 5.41) is 8.64. The van der Waals surface area contributed by atoms with Gasteiger partial charge in [-0.1, -0.05) is 0 Å². The first-order chi connectivity index (χ1) is 6.59. The van der Waals surface area contributed by atoms with Crippen LogP contribution >= 0.6 is 0 Å². The van der Waals surface area contributed by atoms with Crippen LogP contribution in [0.2, 0.25) is 0 Å². The summed E-state index contributed by atoms with van der Waals surface area (Å²) >= 11 is 0. The van der Waals surface area contributed by atoms with Crippen molar-refractivity contribution in [3.63, 3.8) is 0 Å². The maximum Gasteiger partial charge on any atom is 0.394 e. The Morgan fingerprint density at radius 1 is 1.21 bits per heavy atom. The van der Waals surface area contributed by atoms with E-state index in [4.69, 9.17) is 10.8 Å². The first-order valence-electron chi connectivity index (χ1n) is 4.90. The number of aliphatic carboxylic acids is 1. The Balaban J connectivity index is 2.15. The number of carboxylic acid groups (broad SMARTS) is 1. The Morgan fingerprint density at radius 3 is 2.14 bits per heavy atom. The SMILES string of the molecule is NC1C[C@H]2CC[C@@H](C1)N2C(=O)C(=O)O. The molecule has 5 heteroatoms. The summed E-state index contributed by atoms with van der Waals surface area (Å²) < 4.78 is 0. The van der Waals surface area contributed by atoms with Gasteiger partial charge >= 0.3 is 11.9 Å².